The fourth-order valence-electron chi connectivity index (χ4n) is 1.02. The summed E-state index contributed by atoms with van der Waals surface area (Å²) in [7, 11) is 4.38. The molecule has 0 aliphatic heterocycles. The summed E-state index contributed by atoms with van der Waals surface area (Å²) in [6.45, 7) is 1.20. The molecule has 0 heterocycles. The minimum absolute atomic E-state index is 0.0398. The average Bonchev–Trinajstić information content (AvgIpc) is 2.13. The van der Waals surface area contributed by atoms with Gasteiger partial charge in [0.2, 0.25) is 5.54 Å². The van der Waals surface area contributed by atoms with Gasteiger partial charge in [0.1, 0.15) is 0 Å². The molecule has 1 N–H and O–H groups in total. The van der Waals surface area contributed by atoms with E-state index < -0.39 is 17.7 Å². The topological polar surface area (TPSA) is 41.6 Å². The monoisotopic (exact) mass is 242 g/mol. The Labute approximate surface area is 92.7 Å². The lowest BCUT2D eigenvalue weighted by Gasteiger charge is -2.30. The zero-order valence-electron chi connectivity index (χ0n) is 9.81. The Morgan fingerprint density at radius 2 is 1.88 bits per heavy atom. The van der Waals surface area contributed by atoms with Crippen LogP contribution in [0.5, 0.6) is 0 Å². The number of alkyl halides is 3. The van der Waals surface area contributed by atoms with Gasteiger partial charge in [0.25, 0.3) is 0 Å². The number of nitrogens with one attached hydrogen (secondary N) is 1. The standard InChI is InChI=1S/C9H17F3N2O2/c1-8(7(15)16-4,9(10,11)12)13-5-6-14(2)3/h13H,5-6H2,1-4H3. The molecule has 16 heavy (non-hydrogen) atoms. The van der Waals surface area contributed by atoms with Crippen LogP contribution in [0.3, 0.4) is 0 Å². The molecule has 0 saturated carbocycles. The van der Waals surface area contributed by atoms with Crippen LogP contribution in [0.25, 0.3) is 0 Å². The Kier molecular flexibility index (Phi) is 5.21. The number of halogens is 3. The third-order valence-corrected chi connectivity index (χ3v) is 2.20. The number of hydrogen-bond donors (Lipinski definition) is 1. The van der Waals surface area contributed by atoms with Crippen molar-refractivity contribution in [3.63, 3.8) is 0 Å². The number of esters is 1. The third kappa shape index (κ3) is 3.64. The lowest BCUT2D eigenvalue weighted by molar-refractivity contribution is -0.208. The first-order valence-electron chi connectivity index (χ1n) is 4.70. The zero-order chi connectivity index (χ0) is 13.0. The molecule has 1 atom stereocenters. The molecule has 0 aromatic heterocycles. The van der Waals surface area contributed by atoms with E-state index in [-0.39, 0.29) is 6.54 Å². The number of nitrogens with zero attached hydrogens (tertiary/aromatic N) is 1. The molecule has 4 nitrogen and oxygen atoms in total. The van der Waals surface area contributed by atoms with Gasteiger partial charge in [0, 0.05) is 13.1 Å². The molecular formula is C9H17F3N2O2. The second-order valence-electron chi connectivity index (χ2n) is 3.84. The molecule has 7 heteroatoms. The highest BCUT2D eigenvalue weighted by atomic mass is 19.4. The summed E-state index contributed by atoms with van der Waals surface area (Å²) in [5.74, 6) is -1.33. The molecule has 0 aliphatic rings. The van der Waals surface area contributed by atoms with Gasteiger partial charge in [-0.25, -0.2) is 4.79 Å². The van der Waals surface area contributed by atoms with Crippen LogP contribution in [0, 0.1) is 0 Å². The molecule has 0 aromatic carbocycles. The molecule has 0 bridgehead atoms. The van der Waals surface area contributed by atoms with E-state index in [9.17, 15) is 18.0 Å². The van der Waals surface area contributed by atoms with Gasteiger partial charge in [0.05, 0.1) is 7.11 Å². The predicted octanol–water partition coefficient (Wildman–Crippen LogP) is 0.632. The summed E-state index contributed by atoms with van der Waals surface area (Å²) < 4.78 is 42.2. The highest BCUT2D eigenvalue weighted by Gasteiger charge is 2.57. The molecule has 0 rings (SSSR count). The number of hydrogen-bond acceptors (Lipinski definition) is 4. The lowest BCUT2D eigenvalue weighted by Crippen LogP contribution is -2.61. The summed E-state index contributed by atoms with van der Waals surface area (Å²) >= 11 is 0. The van der Waals surface area contributed by atoms with Crippen molar-refractivity contribution in [2.45, 2.75) is 18.6 Å². The number of carbonyl (C=O) groups is 1. The summed E-state index contributed by atoms with van der Waals surface area (Å²) in [6, 6.07) is 0. The normalized spacial score (nSPS) is 16.0. The first-order chi connectivity index (χ1) is 7.15. The van der Waals surface area contributed by atoms with Crippen LogP contribution in [0.4, 0.5) is 13.2 Å². The fourth-order valence-corrected chi connectivity index (χ4v) is 1.02. The van der Waals surface area contributed by atoms with Crippen molar-refractivity contribution in [2.24, 2.45) is 0 Å². The SMILES string of the molecule is COC(=O)C(C)(NCCN(C)C)C(F)(F)F. The Balaban J connectivity index is 4.63. The van der Waals surface area contributed by atoms with Crippen LogP contribution >= 0.6 is 0 Å². The smallest absolute Gasteiger partial charge is 0.417 e. The molecule has 0 radical (unpaired) electrons. The molecule has 96 valence electrons. The summed E-state index contributed by atoms with van der Waals surface area (Å²) in [6.07, 6.45) is -4.69. The van der Waals surface area contributed by atoms with Crippen molar-refractivity contribution >= 4 is 5.97 Å². The predicted molar refractivity (Wildman–Crippen MR) is 53.0 cm³/mol. The second-order valence-corrected chi connectivity index (χ2v) is 3.84. The fraction of sp³-hybridized carbons (Fsp3) is 0.889. The van der Waals surface area contributed by atoms with Gasteiger partial charge in [-0.05, 0) is 21.0 Å². The minimum Gasteiger partial charge on any atom is -0.467 e. The maximum Gasteiger partial charge on any atom is 0.417 e. The van der Waals surface area contributed by atoms with Gasteiger partial charge in [-0.3, -0.25) is 5.32 Å². The lowest BCUT2D eigenvalue weighted by atomic mass is 10.0. The summed E-state index contributed by atoms with van der Waals surface area (Å²) in [5.41, 5.74) is -2.66. The van der Waals surface area contributed by atoms with Gasteiger partial charge >= 0.3 is 12.1 Å². The Hall–Kier alpha value is -0.820. The molecular weight excluding hydrogens is 225 g/mol. The van der Waals surface area contributed by atoms with Crippen molar-refractivity contribution in [1.29, 1.82) is 0 Å². The van der Waals surface area contributed by atoms with Crippen molar-refractivity contribution in [3.8, 4) is 0 Å². The largest absolute Gasteiger partial charge is 0.467 e. The van der Waals surface area contributed by atoms with Gasteiger partial charge in [-0.1, -0.05) is 0 Å². The summed E-state index contributed by atoms with van der Waals surface area (Å²) in [4.78, 5) is 12.8. The van der Waals surface area contributed by atoms with E-state index in [1.807, 2.05) is 0 Å². The molecule has 0 aliphatic carbocycles. The van der Waals surface area contributed by atoms with E-state index in [2.05, 4.69) is 10.1 Å². The number of methoxy groups -OCH3 is 1. The molecule has 1 unspecified atom stereocenters. The van der Waals surface area contributed by atoms with Crippen LogP contribution in [0.1, 0.15) is 6.92 Å². The molecule has 0 amide bonds. The van der Waals surface area contributed by atoms with E-state index in [4.69, 9.17) is 0 Å². The van der Waals surface area contributed by atoms with Gasteiger partial charge in [-0.2, -0.15) is 13.2 Å². The molecule has 0 spiro atoms. The maximum atomic E-state index is 12.7. The van der Waals surface area contributed by atoms with E-state index in [0.29, 0.717) is 6.54 Å². The maximum absolute atomic E-state index is 12.7. The number of rotatable bonds is 5. The van der Waals surface area contributed by atoms with Gasteiger partial charge in [0.15, 0.2) is 0 Å². The van der Waals surface area contributed by atoms with Crippen LogP contribution in [0.15, 0.2) is 0 Å². The van der Waals surface area contributed by atoms with Crippen LogP contribution in [0.2, 0.25) is 0 Å². The van der Waals surface area contributed by atoms with Crippen LogP contribution < -0.4 is 5.32 Å². The van der Waals surface area contributed by atoms with Gasteiger partial charge < -0.3 is 9.64 Å². The van der Waals surface area contributed by atoms with Crippen LogP contribution in [-0.2, 0) is 9.53 Å². The quantitative estimate of drug-likeness (QED) is 0.718. The molecule has 0 saturated heterocycles. The highest BCUT2D eigenvalue weighted by molar-refractivity contribution is 5.81. The van der Waals surface area contributed by atoms with Crippen LogP contribution in [-0.4, -0.2) is 56.9 Å². The third-order valence-electron chi connectivity index (χ3n) is 2.20. The van der Waals surface area contributed by atoms with E-state index in [1.165, 1.54) is 0 Å². The van der Waals surface area contributed by atoms with Crippen molar-refractivity contribution in [3.05, 3.63) is 0 Å². The van der Waals surface area contributed by atoms with Crippen molar-refractivity contribution in [2.75, 3.05) is 34.3 Å². The highest BCUT2D eigenvalue weighted by Crippen LogP contribution is 2.30. The first kappa shape index (κ1) is 15.2. The number of carbonyl (C=O) groups excluding carboxylic acids is 1. The first-order valence-corrected chi connectivity index (χ1v) is 4.70. The number of likely N-dealkylation sites (N-methyl/N-ethyl adjacent to an activating group) is 1. The Morgan fingerprint density at radius 3 is 2.19 bits per heavy atom. The zero-order valence-corrected chi connectivity index (χ0v) is 9.81. The van der Waals surface area contributed by atoms with Crippen molar-refractivity contribution < 1.29 is 22.7 Å². The average molecular weight is 242 g/mol. The van der Waals surface area contributed by atoms with E-state index >= 15 is 0 Å². The molecule has 0 fully saturated rings. The Morgan fingerprint density at radius 1 is 1.38 bits per heavy atom. The van der Waals surface area contributed by atoms with Crippen molar-refractivity contribution in [1.82, 2.24) is 10.2 Å². The van der Waals surface area contributed by atoms with E-state index in [0.717, 1.165) is 14.0 Å². The number of ether oxygens (including phenoxy) is 1. The van der Waals surface area contributed by atoms with Gasteiger partial charge in [-0.15, -0.1) is 0 Å². The van der Waals surface area contributed by atoms with E-state index in [1.54, 1.807) is 19.0 Å². The Bertz CT molecular complexity index is 243. The summed E-state index contributed by atoms with van der Waals surface area (Å²) in [5, 5.41) is 2.18. The molecule has 0 aromatic rings. The second kappa shape index (κ2) is 5.49. The minimum atomic E-state index is -4.69.